The molecule has 2 N–H and O–H groups in total. The number of anilines is 1. The Morgan fingerprint density at radius 3 is 2.65 bits per heavy atom. The summed E-state index contributed by atoms with van der Waals surface area (Å²) in [7, 11) is 0. The van der Waals surface area contributed by atoms with Gasteiger partial charge in [0.1, 0.15) is 5.69 Å². The second-order valence-electron chi connectivity index (χ2n) is 8.36. The first kappa shape index (κ1) is 21.1. The maximum Gasteiger partial charge on any atom is 0.268 e. The van der Waals surface area contributed by atoms with E-state index in [4.69, 9.17) is 4.74 Å². The summed E-state index contributed by atoms with van der Waals surface area (Å²) in [5.41, 5.74) is 3.09. The highest BCUT2D eigenvalue weighted by molar-refractivity contribution is 6.00. The van der Waals surface area contributed by atoms with Crippen molar-refractivity contribution in [3.63, 3.8) is 0 Å². The summed E-state index contributed by atoms with van der Waals surface area (Å²) >= 11 is 0. The second-order valence-corrected chi connectivity index (χ2v) is 8.36. The van der Waals surface area contributed by atoms with Crippen molar-refractivity contribution in [2.24, 2.45) is 0 Å². The molecule has 1 atom stereocenters. The highest BCUT2D eigenvalue weighted by atomic mass is 16.5. The number of nitrogens with one attached hydrogen (secondary N) is 2. The lowest BCUT2D eigenvalue weighted by atomic mass is 10.0. The van der Waals surface area contributed by atoms with E-state index in [1.54, 1.807) is 0 Å². The predicted octanol–water partition coefficient (Wildman–Crippen LogP) is 4.34. The van der Waals surface area contributed by atoms with Crippen LogP contribution in [-0.4, -0.2) is 35.1 Å². The molecule has 3 aromatic rings. The zero-order chi connectivity index (χ0) is 21.8. The van der Waals surface area contributed by atoms with Crippen LogP contribution in [0.25, 0.3) is 10.9 Å². The van der Waals surface area contributed by atoms with Crippen molar-refractivity contribution in [1.29, 1.82) is 0 Å². The van der Waals surface area contributed by atoms with Gasteiger partial charge in [0.05, 0.1) is 5.60 Å². The van der Waals surface area contributed by atoms with E-state index in [0.717, 1.165) is 41.6 Å². The molecule has 162 valence electrons. The third-order valence-corrected chi connectivity index (χ3v) is 5.85. The molecule has 1 aliphatic rings. The van der Waals surface area contributed by atoms with E-state index >= 15 is 0 Å². The van der Waals surface area contributed by atoms with E-state index in [2.05, 4.69) is 22.8 Å². The number of nitrogens with zero attached hydrogens (tertiary/aromatic N) is 1. The molecule has 2 aromatic carbocycles. The molecule has 2 heterocycles. The summed E-state index contributed by atoms with van der Waals surface area (Å²) in [6.07, 6.45) is 2.38. The predicted molar refractivity (Wildman–Crippen MR) is 122 cm³/mol. The molecule has 1 saturated heterocycles. The van der Waals surface area contributed by atoms with Crippen molar-refractivity contribution >= 4 is 28.4 Å². The Hall–Kier alpha value is -3.12. The second kappa shape index (κ2) is 8.94. The van der Waals surface area contributed by atoms with E-state index in [-0.39, 0.29) is 17.4 Å². The molecule has 1 fully saturated rings. The van der Waals surface area contributed by atoms with E-state index in [1.165, 1.54) is 0 Å². The fourth-order valence-corrected chi connectivity index (χ4v) is 4.06. The van der Waals surface area contributed by atoms with Crippen LogP contribution in [0, 0.1) is 0 Å². The zero-order valence-electron chi connectivity index (χ0n) is 18.1. The molecule has 0 aliphatic carbocycles. The number of benzene rings is 2. The molecule has 1 aliphatic heterocycles. The molecule has 0 bridgehead atoms. The molecule has 0 saturated carbocycles. The number of aromatic nitrogens is 1. The Bertz CT molecular complexity index is 1080. The fraction of sp³-hybridized carbons (Fsp3) is 0.360. The highest BCUT2D eigenvalue weighted by Gasteiger charge is 2.30. The topological polar surface area (TPSA) is 72.4 Å². The van der Waals surface area contributed by atoms with Gasteiger partial charge < -0.3 is 19.9 Å². The summed E-state index contributed by atoms with van der Waals surface area (Å²) in [4.78, 5) is 25.0. The Balaban J connectivity index is 1.66. The van der Waals surface area contributed by atoms with Gasteiger partial charge in [0.25, 0.3) is 5.91 Å². The van der Waals surface area contributed by atoms with Crippen LogP contribution in [0.2, 0.25) is 0 Å². The SMILES string of the molecule is CCC(=O)Nc1ccc2c(c1)cc(C(=O)NC[C@]1(C)CCCO1)n2Cc1ccccc1. The molecule has 4 rings (SSSR count). The van der Waals surface area contributed by atoms with E-state index in [0.29, 0.717) is 25.2 Å². The van der Waals surface area contributed by atoms with Crippen molar-refractivity contribution in [2.75, 3.05) is 18.5 Å². The summed E-state index contributed by atoms with van der Waals surface area (Å²) in [6.45, 7) is 5.68. The van der Waals surface area contributed by atoms with Crippen molar-refractivity contribution < 1.29 is 14.3 Å². The molecular formula is C25H29N3O3. The van der Waals surface area contributed by atoms with E-state index < -0.39 is 0 Å². The minimum absolute atomic E-state index is 0.0363. The molecular weight excluding hydrogens is 390 g/mol. The van der Waals surface area contributed by atoms with Gasteiger partial charge in [-0.25, -0.2) is 0 Å². The normalized spacial score (nSPS) is 18.3. The van der Waals surface area contributed by atoms with Crippen LogP contribution in [-0.2, 0) is 16.1 Å². The number of carbonyl (C=O) groups excluding carboxylic acids is 2. The minimum atomic E-state index is -0.302. The first-order valence-electron chi connectivity index (χ1n) is 10.9. The maximum absolute atomic E-state index is 13.2. The van der Waals surface area contributed by atoms with Crippen LogP contribution in [0.4, 0.5) is 5.69 Å². The standard InChI is InChI=1S/C25H29N3O3/c1-3-23(29)27-20-10-11-21-19(14-20)15-22(28(21)16-18-8-5-4-6-9-18)24(30)26-17-25(2)12-7-13-31-25/h4-6,8-11,14-15H,3,7,12-13,16-17H2,1-2H3,(H,26,30)(H,27,29)/t25-/m0/s1. The number of hydrogen-bond donors (Lipinski definition) is 2. The minimum Gasteiger partial charge on any atom is -0.373 e. The molecule has 2 amide bonds. The Labute approximate surface area is 182 Å². The largest absolute Gasteiger partial charge is 0.373 e. The van der Waals surface area contributed by atoms with Crippen LogP contribution in [0.15, 0.2) is 54.6 Å². The number of carbonyl (C=O) groups is 2. The van der Waals surface area contributed by atoms with Crippen LogP contribution < -0.4 is 10.6 Å². The number of ether oxygens (including phenoxy) is 1. The Kier molecular flexibility index (Phi) is 6.09. The van der Waals surface area contributed by atoms with Gasteiger partial charge in [-0.05, 0) is 49.6 Å². The van der Waals surface area contributed by atoms with E-state index in [1.807, 2.05) is 60.9 Å². The van der Waals surface area contributed by atoms with Gasteiger partial charge in [0, 0.05) is 42.7 Å². The number of hydrogen-bond acceptors (Lipinski definition) is 3. The van der Waals surface area contributed by atoms with Gasteiger partial charge in [-0.15, -0.1) is 0 Å². The smallest absolute Gasteiger partial charge is 0.268 e. The Morgan fingerprint density at radius 2 is 1.94 bits per heavy atom. The molecule has 1 aromatic heterocycles. The molecule has 0 spiro atoms. The average Bonchev–Trinajstić information content (AvgIpc) is 3.37. The first-order valence-corrected chi connectivity index (χ1v) is 10.9. The number of amides is 2. The summed E-state index contributed by atoms with van der Waals surface area (Å²) in [5, 5.41) is 6.88. The van der Waals surface area contributed by atoms with Crippen molar-refractivity contribution in [2.45, 2.75) is 45.3 Å². The van der Waals surface area contributed by atoms with Gasteiger partial charge >= 0.3 is 0 Å². The number of rotatable bonds is 7. The third-order valence-electron chi connectivity index (χ3n) is 5.85. The summed E-state index contributed by atoms with van der Waals surface area (Å²) in [6, 6.07) is 17.7. The molecule has 0 unspecified atom stereocenters. The third kappa shape index (κ3) is 4.80. The quantitative estimate of drug-likeness (QED) is 0.598. The monoisotopic (exact) mass is 419 g/mol. The molecule has 31 heavy (non-hydrogen) atoms. The maximum atomic E-state index is 13.2. The van der Waals surface area contributed by atoms with Crippen molar-refractivity contribution in [1.82, 2.24) is 9.88 Å². The van der Waals surface area contributed by atoms with Crippen molar-refractivity contribution in [3.05, 3.63) is 65.9 Å². The van der Waals surface area contributed by atoms with Crippen LogP contribution in [0.5, 0.6) is 0 Å². The molecule has 6 heteroatoms. The van der Waals surface area contributed by atoms with Gasteiger partial charge in [0.2, 0.25) is 5.91 Å². The van der Waals surface area contributed by atoms with Gasteiger partial charge in [-0.1, -0.05) is 37.3 Å². The highest BCUT2D eigenvalue weighted by Crippen LogP contribution is 2.27. The summed E-state index contributed by atoms with van der Waals surface area (Å²) < 4.78 is 7.84. The molecule has 0 radical (unpaired) electrons. The van der Waals surface area contributed by atoms with Gasteiger partial charge in [0.15, 0.2) is 0 Å². The van der Waals surface area contributed by atoms with Crippen molar-refractivity contribution in [3.8, 4) is 0 Å². The average molecular weight is 420 g/mol. The van der Waals surface area contributed by atoms with Crippen LogP contribution >= 0.6 is 0 Å². The molecule has 6 nitrogen and oxygen atoms in total. The van der Waals surface area contributed by atoms with E-state index in [9.17, 15) is 9.59 Å². The van der Waals surface area contributed by atoms with Gasteiger partial charge in [-0.3, -0.25) is 9.59 Å². The Morgan fingerprint density at radius 1 is 1.13 bits per heavy atom. The fourth-order valence-electron chi connectivity index (χ4n) is 4.06. The van der Waals surface area contributed by atoms with Crippen LogP contribution in [0.1, 0.15) is 49.2 Å². The zero-order valence-corrected chi connectivity index (χ0v) is 18.1. The van der Waals surface area contributed by atoms with Gasteiger partial charge in [-0.2, -0.15) is 0 Å². The lowest BCUT2D eigenvalue weighted by Crippen LogP contribution is -2.40. The van der Waals surface area contributed by atoms with Crippen LogP contribution in [0.3, 0.4) is 0 Å². The first-order chi connectivity index (χ1) is 15.0. The lowest BCUT2D eigenvalue weighted by molar-refractivity contribution is -0.115. The lowest BCUT2D eigenvalue weighted by Gasteiger charge is -2.23. The number of fused-ring (bicyclic) bond motifs is 1. The summed E-state index contributed by atoms with van der Waals surface area (Å²) in [5.74, 6) is -0.158.